The fourth-order valence-electron chi connectivity index (χ4n) is 3.46. The molecule has 0 radical (unpaired) electrons. The van der Waals surface area contributed by atoms with E-state index in [-0.39, 0.29) is 6.23 Å². The SMILES string of the molecule is C[C@H]1CC[C@@H]2C=CO[C@@H](N(C)c3ccccc3)[C@H]12. The molecule has 0 amide bonds. The molecule has 0 aromatic heterocycles. The number of fused-ring (bicyclic) bond motifs is 1. The molecule has 2 nitrogen and oxygen atoms in total. The predicted octanol–water partition coefficient (Wildman–Crippen LogP) is 3.66. The standard InChI is InChI=1S/C16H21NO/c1-12-8-9-13-10-11-18-16(15(12)13)17(2)14-6-4-3-5-7-14/h3-7,10-13,15-16H,8-9H2,1-2H3/t12-,13+,15+,16+/m0/s1. The van der Waals surface area contributed by atoms with Gasteiger partial charge < -0.3 is 9.64 Å². The Morgan fingerprint density at radius 1 is 1.17 bits per heavy atom. The molecule has 0 bridgehead atoms. The van der Waals surface area contributed by atoms with Crippen LogP contribution in [0.15, 0.2) is 42.7 Å². The van der Waals surface area contributed by atoms with Gasteiger partial charge in [0.15, 0.2) is 6.23 Å². The Morgan fingerprint density at radius 3 is 2.72 bits per heavy atom. The van der Waals surface area contributed by atoms with Gasteiger partial charge in [0.25, 0.3) is 0 Å². The normalized spacial score (nSPS) is 33.9. The van der Waals surface area contributed by atoms with Crippen molar-refractivity contribution in [3.63, 3.8) is 0 Å². The van der Waals surface area contributed by atoms with Gasteiger partial charge in [-0.2, -0.15) is 0 Å². The van der Waals surface area contributed by atoms with Crippen LogP contribution in [0.1, 0.15) is 19.8 Å². The number of hydrogen-bond acceptors (Lipinski definition) is 2. The maximum Gasteiger partial charge on any atom is 0.174 e. The van der Waals surface area contributed by atoms with Crippen molar-refractivity contribution in [2.75, 3.05) is 11.9 Å². The lowest BCUT2D eigenvalue weighted by atomic mass is 9.87. The van der Waals surface area contributed by atoms with Gasteiger partial charge in [-0.3, -0.25) is 0 Å². The van der Waals surface area contributed by atoms with Crippen LogP contribution in [0, 0.1) is 17.8 Å². The number of para-hydroxylation sites is 1. The predicted molar refractivity (Wildman–Crippen MR) is 74.2 cm³/mol. The summed E-state index contributed by atoms with van der Waals surface area (Å²) in [6, 6.07) is 10.5. The third kappa shape index (κ3) is 1.90. The minimum absolute atomic E-state index is 0.180. The van der Waals surface area contributed by atoms with Crippen LogP contribution in [-0.2, 0) is 4.74 Å². The van der Waals surface area contributed by atoms with Crippen LogP contribution in [-0.4, -0.2) is 13.3 Å². The fourth-order valence-corrected chi connectivity index (χ4v) is 3.46. The maximum atomic E-state index is 5.92. The van der Waals surface area contributed by atoms with E-state index in [4.69, 9.17) is 4.74 Å². The number of nitrogens with zero attached hydrogens (tertiary/aromatic N) is 1. The van der Waals surface area contributed by atoms with Crippen molar-refractivity contribution >= 4 is 5.69 Å². The fraction of sp³-hybridized carbons (Fsp3) is 0.500. The quantitative estimate of drug-likeness (QED) is 0.786. The Morgan fingerprint density at radius 2 is 1.94 bits per heavy atom. The molecule has 1 aromatic carbocycles. The zero-order valence-electron chi connectivity index (χ0n) is 11.1. The summed E-state index contributed by atoms with van der Waals surface area (Å²) < 4.78 is 5.92. The van der Waals surface area contributed by atoms with E-state index in [1.54, 1.807) is 0 Å². The number of anilines is 1. The van der Waals surface area contributed by atoms with Gasteiger partial charge in [-0.15, -0.1) is 0 Å². The lowest BCUT2D eigenvalue weighted by Crippen LogP contribution is -2.44. The molecule has 2 aliphatic rings. The van der Waals surface area contributed by atoms with Crippen molar-refractivity contribution in [1.82, 2.24) is 0 Å². The zero-order valence-corrected chi connectivity index (χ0v) is 11.1. The average molecular weight is 243 g/mol. The highest BCUT2D eigenvalue weighted by molar-refractivity contribution is 5.46. The smallest absolute Gasteiger partial charge is 0.174 e. The van der Waals surface area contributed by atoms with E-state index >= 15 is 0 Å². The van der Waals surface area contributed by atoms with Crippen LogP contribution in [0.2, 0.25) is 0 Å². The molecule has 2 heteroatoms. The molecule has 1 heterocycles. The molecule has 0 spiro atoms. The first-order chi connectivity index (χ1) is 8.77. The second kappa shape index (κ2) is 4.68. The van der Waals surface area contributed by atoms with Crippen molar-refractivity contribution in [2.45, 2.75) is 26.0 Å². The molecule has 1 aliphatic carbocycles. The molecule has 1 aliphatic heterocycles. The second-order valence-corrected chi connectivity index (χ2v) is 5.60. The minimum Gasteiger partial charge on any atom is -0.478 e. The summed E-state index contributed by atoms with van der Waals surface area (Å²) in [5.74, 6) is 2.07. The number of benzene rings is 1. The highest BCUT2D eigenvalue weighted by Gasteiger charge is 2.42. The summed E-state index contributed by atoms with van der Waals surface area (Å²) >= 11 is 0. The van der Waals surface area contributed by atoms with Crippen LogP contribution in [0.5, 0.6) is 0 Å². The van der Waals surface area contributed by atoms with E-state index < -0.39 is 0 Å². The topological polar surface area (TPSA) is 12.5 Å². The van der Waals surface area contributed by atoms with Gasteiger partial charge in [-0.25, -0.2) is 0 Å². The molecule has 1 saturated carbocycles. The van der Waals surface area contributed by atoms with E-state index in [9.17, 15) is 0 Å². The zero-order chi connectivity index (χ0) is 12.5. The largest absolute Gasteiger partial charge is 0.478 e. The van der Waals surface area contributed by atoms with Gasteiger partial charge in [0.2, 0.25) is 0 Å². The molecule has 18 heavy (non-hydrogen) atoms. The molecule has 0 unspecified atom stereocenters. The van der Waals surface area contributed by atoms with Crippen LogP contribution in [0.3, 0.4) is 0 Å². The third-order valence-corrected chi connectivity index (χ3v) is 4.53. The second-order valence-electron chi connectivity index (χ2n) is 5.60. The summed E-state index contributed by atoms with van der Waals surface area (Å²) in [6.45, 7) is 2.36. The number of hydrogen-bond donors (Lipinski definition) is 0. The van der Waals surface area contributed by atoms with Gasteiger partial charge in [0, 0.05) is 18.7 Å². The number of allylic oxidation sites excluding steroid dienone is 1. The average Bonchev–Trinajstić information content (AvgIpc) is 2.81. The first-order valence-corrected chi connectivity index (χ1v) is 6.87. The van der Waals surface area contributed by atoms with Gasteiger partial charge in [-0.1, -0.05) is 25.1 Å². The van der Waals surface area contributed by atoms with Crippen molar-refractivity contribution in [1.29, 1.82) is 0 Å². The van der Waals surface area contributed by atoms with Crippen molar-refractivity contribution in [3.8, 4) is 0 Å². The molecule has 96 valence electrons. The minimum atomic E-state index is 0.180. The first kappa shape index (κ1) is 11.6. The number of rotatable bonds is 2. The molecule has 1 fully saturated rings. The van der Waals surface area contributed by atoms with Gasteiger partial charge in [0.1, 0.15) is 0 Å². The van der Waals surface area contributed by atoms with Crippen molar-refractivity contribution in [3.05, 3.63) is 42.7 Å². The van der Waals surface area contributed by atoms with Crippen LogP contribution < -0.4 is 4.90 Å². The molecule has 0 N–H and O–H groups in total. The molecule has 0 saturated heterocycles. The lowest BCUT2D eigenvalue weighted by Gasteiger charge is -2.39. The van der Waals surface area contributed by atoms with Crippen molar-refractivity contribution in [2.24, 2.45) is 17.8 Å². The Bertz CT molecular complexity index is 428. The van der Waals surface area contributed by atoms with E-state index in [2.05, 4.69) is 55.3 Å². The van der Waals surface area contributed by atoms with E-state index in [1.807, 2.05) is 6.26 Å². The van der Waals surface area contributed by atoms with Crippen LogP contribution in [0.4, 0.5) is 5.69 Å². The summed E-state index contributed by atoms with van der Waals surface area (Å²) in [7, 11) is 2.14. The Labute approximate surface area is 109 Å². The third-order valence-electron chi connectivity index (χ3n) is 4.53. The summed E-state index contributed by atoms with van der Waals surface area (Å²) in [4.78, 5) is 2.28. The van der Waals surface area contributed by atoms with Crippen molar-refractivity contribution < 1.29 is 4.74 Å². The highest BCUT2D eigenvalue weighted by Crippen LogP contribution is 2.44. The van der Waals surface area contributed by atoms with E-state index in [0.29, 0.717) is 11.8 Å². The summed E-state index contributed by atoms with van der Waals surface area (Å²) in [5.41, 5.74) is 1.23. The Kier molecular flexibility index (Phi) is 3.02. The molecule has 1 aromatic rings. The van der Waals surface area contributed by atoms with Crippen LogP contribution >= 0.6 is 0 Å². The van der Waals surface area contributed by atoms with Gasteiger partial charge in [-0.05, 0) is 42.9 Å². The first-order valence-electron chi connectivity index (χ1n) is 6.87. The maximum absolute atomic E-state index is 5.92. The highest BCUT2D eigenvalue weighted by atomic mass is 16.5. The lowest BCUT2D eigenvalue weighted by molar-refractivity contribution is 0.0410. The molecular weight excluding hydrogens is 222 g/mol. The molecule has 3 rings (SSSR count). The Balaban J connectivity index is 1.85. The molecule has 4 atom stereocenters. The Hall–Kier alpha value is -1.44. The van der Waals surface area contributed by atoms with Gasteiger partial charge >= 0.3 is 0 Å². The van der Waals surface area contributed by atoms with E-state index in [1.165, 1.54) is 18.5 Å². The molecular formula is C16H21NO. The van der Waals surface area contributed by atoms with E-state index in [0.717, 1.165) is 5.92 Å². The monoisotopic (exact) mass is 243 g/mol. The summed E-state index contributed by atoms with van der Waals surface area (Å²) in [6.07, 6.45) is 6.97. The van der Waals surface area contributed by atoms with Gasteiger partial charge in [0.05, 0.1) is 6.26 Å². The van der Waals surface area contributed by atoms with Crippen LogP contribution in [0.25, 0.3) is 0 Å². The number of ether oxygens (including phenoxy) is 1. The summed E-state index contributed by atoms with van der Waals surface area (Å²) in [5, 5.41) is 0.